The van der Waals surface area contributed by atoms with Gasteiger partial charge in [0.15, 0.2) is 0 Å². The number of amides is 1. The number of likely N-dealkylation sites (tertiary alicyclic amines) is 1. The minimum Gasteiger partial charge on any atom is -0.476 e. The highest BCUT2D eigenvalue weighted by molar-refractivity contribution is 7.91. The molecule has 2 aliphatic heterocycles. The molecule has 1 aromatic rings. The van der Waals surface area contributed by atoms with Gasteiger partial charge in [0.2, 0.25) is 5.88 Å². The van der Waals surface area contributed by atoms with Gasteiger partial charge in [0.1, 0.15) is 15.7 Å². The number of carbonyl (C=O) groups is 1. The molecule has 0 aromatic carbocycles. The quantitative estimate of drug-likeness (QED) is 0.700. The van der Waals surface area contributed by atoms with E-state index in [0.29, 0.717) is 50.9 Å². The standard InChI is InChI=1S/C21H32N4O5S/c1-21(6-7-21)17-11-15(3-10-25(17)20(26)27)14-30-19-13-22-18(12-23-19)24-8-4-16(5-9-24)31(2,28)29/h12-13,15-17H,3-11,14H2,1-2H3,(H,26,27). The molecule has 31 heavy (non-hydrogen) atoms. The molecule has 3 aliphatic rings. The number of anilines is 1. The van der Waals surface area contributed by atoms with E-state index in [9.17, 15) is 18.3 Å². The Morgan fingerprint density at radius 2 is 1.90 bits per heavy atom. The molecular formula is C21H32N4O5S. The lowest BCUT2D eigenvalue weighted by atomic mass is 9.83. The smallest absolute Gasteiger partial charge is 0.407 e. The second-order valence-corrected chi connectivity index (χ2v) is 11.9. The van der Waals surface area contributed by atoms with E-state index in [1.165, 1.54) is 6.26 Å². The number of aromatic nitrogens is 2. The zero-order valence-electron chi connectivity index (χ0n) is 18.2. The molecule has 3 heterocycles. The van der Waals surface area contributed by atoms with Crippen molar-refractivity contribution in [2.24, 2.45) is 11.3 Å². The molecule has 2 atom stereocenters. The zero-order chi connectivity index (χ0) is 22.2. The molecule has 9 nitrogen and oxygen atoms in total. The van der Waals surface area contributed by atoms with Crippen LogP contribution in [0.5, 0.6) is 5.88 Å². The van der Waals surface area contributed by atoms with E-state index >= 15 is 0 Å². The van der Waals surface area contributed by atoms with Crippen molar-refractivity contribution in [3.63, 3.8) is 0 Å². The van der Waals surface area contributed by atoms with E-state index < -0.39 is 15.9 Å². The van der Waals surface area contributed by atoms with Crippen molar-refractivity contribution in [3.05, 3.63) is 12.4 Å². The van der Waals surface area contributed by atoms with Crippen LogP contribution < -0.4 is 9.64 Å². The van der Waals surface area contributed by atoms with Crippen molar-refractivity contribution >= 4 is 21.7 Å². The van der Waals surface area contributed by atoms with E-state index in [1.54, 1.807) is 17.3 Å². The highest BCUT2D eigenvalue weighted by atomic mass is 32.2. The summed E-state index contributed by atoms with van der Waals surface area (Å²) in [5.41, 5.74) is 0.114. The summed E-state index contributed by atoms with van der Waals surface area (Å²) in [7, 11) is -2.99. The molecule has 1 amide bonds. The van der Waals surface area contributed by atoms with Crippen LogP contribution in [0.1, 0.15) is 45.4 Å². The largest absolute Gasteiger partial charge is 0.476 e. The van der Waals surface area contributed by atoms with Gasteiger partial charge in [0.25, 0.3) is 0 Å². The summed E-state index contributed by atoms with van der Waals surface area (Å²) < 4.78 is 29.3. The highest BCUT2D eigenvalue weighted by Crippen LogP contribution is 2.53. The van der Waals surface area contributed by atoms with Gasteiger partial charge in [0.05, 0.1) is 24.3 Å². The van der Waals surface area contributed by atoms with E-state index in [0.717, 1.165) is 31.5 Å². The Kier molecular flexibility index (Phi) is 6.02. The van der Waals surface area contributed by atoms with Crippen molar-refractivity contribution in [2.75, 3.05) is 37.4 Å². The fourth-order valence-electron chi connectivity index (χ4n) is 4.87. The first-order valence-corrected chi connectivity index (χ1v) is 13.0. The third-order valence-corrected chi connectivity index (χ3v) is 8.94. The summed E-state index contributed by atoms with van der Waals surface area (Å²) in [5.74, 6) is 1.50. The van der Waals surface area contributed by atoms with Crippen LogP contribution in [-0.4, -0.2) is 78.3 Å². The molecule has 0 bridgehead atoms. The first-order chi connectivity index (χ1) is 14.7. The second-order valence-electron chi connectivity index (χ2n) is 9.58. The van der Waals surface area contributed by atoms with Crippen molar-refractivity contribution < 1.29 is 23.1 Å². The molecule has 3 fully saturated rings. The Bertz CT molecular complexity index is 895. The Balaban J connectivity index is 1.29. The third kappa shape index (κ3) is 5.05. The topological polar surface area (TPSA) is 113 Å². The van der Waals surface area contributed by atoms with Gasteiger partial charge in [-0.2, -0.15) is 0 Å². The maximum absolute atomic E-state index is 11.7. The van der Waals surface area contributed by atoms with Crippen LogP contribution >= 0.6 is 0 Å². The summed E-state index contributed by atoms with van der Waals surface area (Å²) in [4.78, 5) is 24.1. The minimum atomic E-state index is -2.99. The van der Waals surface area contributed by atoms with Gasteiger partial charge in [-0.05, 0) is 49.9 Å². The third-order valence-electron chi connectivity index (χ3n) is 7.25. The summed E-state index contributed by atoms with van der Waals surface area (Å²) in [5, 5.41) is 9.25. The molecule has 2 saturated heterocycles. The number of rotatable bonds is 6. The minimum absolute atomic E-state index is 0.0654. The Labute approximate surface area is 183 Å². The molecule has 1 aromatic heterocycles. The molecule has 10 heteroatoms. The van der Waals surface area contributed by atoms with Gasteiger partial charge >= 0.3 is 6.09 Å². The Morgan fingerprint density at radius 1 is 1.19 bits per heavy atom. The average molecular weight is 453 g/mol. The van der Waals surface area contributed by atoms with Crippen LogP contribution in [0.2, 0.25) is 0 Å². The predicted molar refractivity (Wildman–Crippen MR) is 116 cm³/mol. The van der Waals surface area contributed by atoms with Crippen LogP contribution in [0.15, 0.2) is 12.4 Å². The van der Waals surface area contributed by atoms with Crippen molar-refractivity contribution in [2.45, 2.75) is 56.7 Å². The number of sulfone groups is 1. The fraction of sp³-hybridized carbons (Fsp3) is 0.762. The number of ether oxygens (including phenoxy) is 1. The maximum Gasteiger partial charge on any atom is 0.407 e. The molecule has 0 radical (unpaired) electrons. The zero-order valence-corrected chi connectivity index (χ0v) is 19.1. The molecular weight excluding hydrogens is 420 g/mol. The van der Waals surface area contributed by atoms with E-state index in [2.05, 4.69) is 21.8 Å². The van der Waals surface area contributed by atoms with Crippen molar-refractivity contribution in [3.8, 4) is 5.88 Å². The fourth-order valence-corrected chi connectivity index (χ4v) is 5.94. The summed E-state index contributed by atoms with van der Waals surface area (Å²) in [6, 6.07) is 0.0654. The molecule has 1 N–H and O–H groups in total. The lowest BCUT2D eigenvalue weighted by molar-refractivity contribution is 0.0483. The number of nitrogens with zero attached hydrogens (tertiary/aromatic N) is 4. The normalized spacial score (nSPS) is 26.5. The van der Waals surface area contributed by atoms with Crippen LogP contribution in [0, 0.1) is 11.3 Å². The Morgan fingerprint density at radius 3 is 2.45 bits per heavy atom. The highest BCUT2D eigenvalue weighted by Gasteiger charge is 2.50. The second kappa shape index (κ2) is 8.44. The SMILES string of the molecule is CC1(C2CC(COc3cnc(N4CCC(S(C)(=O)=O)CC4)cn3)CCN2C(=O)O)CC1. The van der Waals surface area contributed by atoms with Crippen LogP contribution in [0.3, 0.4) is 0 Å². The lowest BCUT2D eigenvalue weighted by Gasteiger charge is -2.41. The van der Waals surface area contributed by atoms with E-state index in [1.807, 2.05) is 0 Å². The molecule has 1 aliphatic carbocycles. The first kappa shape index (κ1) is 22.1. The summed E-state index contributed by atoms with van der Waals surface area (Å²) >= 11 is 0. The van der Waals surface area contributed by atoms with Crippen molar-refractivity contribution in [1.29, 1.82) is 0 Å². The number of hydrogen-bond acceptors (Lipinski definition) is 7. The molecule has 172 valence electrons. The molecule has 2 unspecified atom stereocenters. The van der Waals surface area contributed by atoms with E-state index in [-0.39, 0.29) is 16.7 Å². The first-order valence-electron chi connectivity index (χ1n) is 11.0. The number of carboxylic acid groups (broad SMARTS) is 1. The number of hydrogen-bond donors (Lipinski definition) is 1. The average Bonchev–Trinajstić information content (AvgIpc) is 3.50. The van der Waals surface area contributed by atoms with Gasteiger partial charge in [-0.1, -0.05) is 6.92 Å². The lowest BCUT2D eigenvalue weighted by Crippen LogP contribution is -2.50. The van der Waals surface area contributed by atoms with Crippen LogP contribution in [0.4, 0.5) is 10.6 Å². The Hall–Kier alpha value is -2.10. The molecule has 4 rings (SSSR count). The summed E-state index contributed by atoms with van der Waals surface area (Å²) in [6.45, 7) is 4.54. The van der Waals surface area contributed by atoms with Crippen LogP contribution in [-0.2, 0) is 9.84 Å². The van der Waals surface area contributed by atoms with Gasteiger partial charge in [-0.25, -0.2) is 23.2 Å². The van der Waals surface area contributed by atoms with Gasteiger partial charge in [-0.15, -0.1) is 0 Å². The molecule has 0 spiro atoms. The van der Waals surface area contributed by atoms with Gasteiger partial charge in [0, 0.05) is 31.9 Å². The number of piperidine rings is 2. The monoisotopic (exact) mass is 452 g/mol. The van der Waals surface area contributed by atoms with E-state index in [4.69, 9.17) is 4.74 Å². The van der Waals surface area contributed by atoms with Gasteiger partial charge in [-0.3, -0.25) is 0 Å². The predicted octanol–water partition coefficient (Wildman–Crippen LogP) is 2.43. The maximum atomic E-state index is 11.7. The van der Waals surface area contributed by atoms with Crippen molar-refractivity contribution in [1.82, 2.24) is 14.9 Å². The molecule has 1 saturated carbocycles. The van der Waals surface area contributed by atoms with Gasteiger partial charge < -0.3 is 19.6 Å². The van der Waals surface area contributed by atoms with Crippen LogP contribution in [0.25, 0.3) is 0 Å². The summed E-state index contributed by atoms with van der Waals surface area (Å²) in [6.07, 6.45) is 8.77.